The lowest BCUT2D eigenvalue weighted by Gasteiger charge is -2.27. The van der Waals surface area contributed by atoms with Crippen molar-refractivity contribution < 1.29 is 19.4 Å². The molecule has 1 amide bonds. The largest absolute Gasteiger partial charge is 0.481 e. The summed E-state index contributed by atoms with van der Waals surface area (Å²) in [5.41, 5.74) is 0.159. The lowest BCUT2D eigenvalue weighted by Crippen LogP contribution is -2.44. The second-order valence-corrected chi connectivity index (χ2v) is 5.48. The molecule has 2 atom stereocenters. The first-order valence-electron chi connectivity index (χ1n) is 7.53. The Morgan fingerprint density at radius 2 is 1.91 bits per heavy atom. The van der Waals surface area contributed by atoms with Gasteiger partial charge in [0, 0.05) is 12.1 Å². The Labute approximate surface area is 129 Å². The Hall–Kier alpha value is -2.18. The predicted octanol–water partition coefficient (Wildman–Crippen LogP) is 1.64. The lowest BCUT2D eigenvalue weighted by molar-refractivity contribution is -0.143. The van der Waals surface area contributed by atoms with E-state index in [2.05, 4.69) is 15.5 Å². The van der Waals surface area contributed by atoms with Gasteiger partial charge in [0.2, 0.25) is 5.88 Å². The Morgan fingerprint density at radius 1 is 1.18 bits per heavy atom. The molecular formula is C15H21N3O4. The monoisotopic (exact) mass is 307 g/mol. The molecule has 2 N–H and O–H groups in total. The van der Waals surface area contributed by atoms with E-state index in [1.54, 1.807) is 6.07 Å². The fraction of sp³-hybridized carbons (Fsp3) is 0.600. The molecule has 0 aromatic carbocycles. The third kappa shape index (κ3) is 4.16. The van der Waals surface area contributed by atoms with E-state index in [4.69, 9.17) is 4.74 Å². The van der Waals surface area contributed by atoms with Crippen molar-refractivity contribution in [1.82, 2.24) is 15.5 Å². The van der Waals surface area contributed by atoms with Crippen molar-refractivity contribution in [3.8, 4) is 5.88 Å². The number of carboxylic acid groups (broad SMARTS) is 1. The van der Waals surface area contributed by atoms with Crippen LogP contribution in [0.4, 0.5) is 0 Å². The Kier molecular flexibility index (Phi) is 5.68. The van der Waals surface area contributed by atoms with Crippen LogP contribution in [0.25, 0.3) is 0 Å². The van der Waals surface area contributed by atoms with Crippen LogP contribution < -0.4 is 10.1 Å². The highest BCUT2D eigenvalue weighted by Gasteiger charge is 2.30. The number of carbonyl (C=O) groups is 2. The van der Waals surface area contributed by atoms with E-state index in [1.807, 2.05) is 0 Å². The van der Waals surface area contributed by atoms with E-state index >= 15 is 0 Å². The number of aromatic nitrogens is 2. The number of carbonyl (C=O) groups excluding carboxylic acids is 1. The maximum atomic E-state index is 12.2. The summed E-state index contributed by atoms with van der Waals surface area (Å²) in [6, 6.07) is 2.70. The normalized spacial score (nSPS) is 22.2. The van der Waals surface area contributed by atoms with Crippen LogP contribution in [0.1, 0.15) is 49.0 Å². The molecule has 0 bridgehead atoms. The topological polar surface area (TPSA) is 101 Å². The zero-order chi connectivity index (χ0) is 15.9. The van der Waals surface area contributed by atoms with E-state index < -0.39 is 17.8 Å². The van der Waals surface area contributed by atoms with E-state index in [1.165, 1.54) is 13.2 Å². The van der Waals surface area contributed by atoms with Gasteiger partial charge in [0.15, 0.2) is 5.69 Å². The van der Waals surface area contributed by atoms with E-state index in [0.717, 1.165) is 25.7 Å². The number of ether oxygens (including phenoxy) is 1. The molecule has 0 radical (unpaired) electrons. The van der Waals surface area contributed by atoms with Gasteiger partial charge in [-0.25, -0.2) is 0 Å². The van der Waals surface area contributed by atoms with Gasteiger partial charge in [-0.1, -0.05) is 25.7 Å². The highest BCUT2D eigenvalue weighted by atomic mass is 16.5. The summed E-state index contributed by atoms with van der Waals surface area (Å²) in [6.45, 7) is 0. The van der Waals surface area contributed by atoms with Crippen LogP contribution in [-0.2, 0) is 4.79 Å². The second-order valence-electron chi connectivity index (χ2n) is 5.48. The van der Waals surface area contributed by atoms with E-state index in [0.29, 0.717) is 18.7 Å². The van der Waals surface area contributed by atoms with Gasteiger partial charge in [0.05, 0.1) is 13.0 Å². The fourth-order valence-electron chi connectivity index (χ4n) is 2.75. The lowest BCUT2D eigenvalue weighted by atomic mass is 9.86. The zero-order valence-electron chi connectivity index (χ0n) is 12.6. The number of methoxy groups -OCH3 is 1. The molecule has 1 heterocycles. The summed E-state index contributed by atoms with van der Waals surface area (Å²) >= 11 is 0. The molecule has 1 aromatic heterocycles. The first-order chi connectivity index (χ1) is 10.6. The highest BCUT2D eigenvalue weighted by molar-refractivity contribution is 5.92. The van der Waals surface area contributed by atoms with Gasteiger partial charge in [-0.05, 0) is 18.9 Å². The Bertz CT molecular complexity index is 518. The minimum absolute atomic E-state index is 0.159. The average molecular weight is 307 g/mol. The first-order valence-corrected chi connectivity index (χ1v) is 7.53. The molecule has 7 heteroatoms. The SMILES string of the molecule is COc1ccc(C(=O)NC2CCCCCCC2C(=O)O)nn1. The maximum Gasteiger partial charge on any atom is 0.308 e. The number of hydrogen-bond donors (Lipinski definition) is 2. The number of carboxylic acids is 1. The van der Waals surface area contributed by atoms with Gasteiger partial charge in [0.1, 0.15) is 0 Å². The standard InChI is InChI=1S/C15H21N3O4/c1-22-13-9-8-12(17-18-13)14(19)16-11-7-5-3-2-4-6-10(11)15(20)21/h8-11H,2-7H2,1H3,(H,16,19)(H,20,21). The molecule has 0 aliphatic heterocycles. The van der Waals surface area contributed by atoms with Crippen molar-refractivity contribution in [3.63, 3.8) is 0 Å². The Morgan fingerprint density at radius 3 is 2.50 bits per heavy atom. The molecule has 7 nitrogen and oxygen atoms in total. The van der Waals surface area contributed by atoms with Crippen molar-refractivity contribution in [2.24, 2.45) is 5.92 Å². The smallest absolute Gasteiger partial charge is 0.308 e. The van der Waals surface area contributed by atoms with Gasteiger partial charge >= 0.3 is 5.97 Å². The molecule has 1 aliphatic carbocycles. The molecule has 2 unspecified atom stereocenters. The first kappa shape index (κ1) is 16.2. The summed E-state index contributed by atoms with van der Waals surface area (Å²) in [4.78, 5) is 23.7. The summed E-state index contributed by atoms with van der Waals surface area (Å²) in [5.74, 6) is -1.47. The quantitative estimate of drug-likeness (QED) is 0.877. The van der Waals surface area contributed by atoms with Crippen LogP contribution >= 0.6 is 0 Å². The molecule has 1 fully saturated rings. The molecular weight excluding hydrogens is 286 g/mol. The fourth-order valence-corrected chi connectivity index (χ4v) is 2.75. The average Bonchev–Trinajstić information content (AvgIpc) is 2.49. The summed E-state index contributed by atoms with van der Waals surface area (Å²) < 4.78 is 4.89. The third-order valence-corrected chi connectivity index (χ3v) is 3.98. The number of hydrogen-bond acceptors (Lipinski definition) is 5. The van der Waals surface area contributed by atoms with Crippen LogP contribution in [0.2, 0.25) is 0 Å². The summed E-state index contributed by atoms with van der Waals surface area (Å²) in [5, 5.41) is 19.7. The van der Waals surface area contributed by atoms with Crippen molar-refractivity contribution in [1.29, 1.82) is 0 Å². The molecule has 2 rings (SSSR count). The second kappa shape index (κ2) is 7.72. The van der Waals surface area contributed by atoms with E-state index in [-0.39, 0.29) is 11.7 Å². The van der Waals surface area contributed by atoms with Crippen LogP contribution in [0, 0.1) is 5.92 Å². The third-order valence-electron chi connectivity index (χ3n) is 3.98. The van der Waals surface area contributed by atoms with Crippen LogP contribution in [0.3, 0.4) is 0 Å². The maximum absolute atomic E-state index is 12.2. The van der Waals surface area contributed by atoms with Crippen LogP contribution in [-0.4, -0.2) is 40.3 Å². The minimum atomic E-state index is -0.854. The number of amides is 1. The van der Waals surface area contributed by atoms with E-state index in [9.17, 15) is 14.7 Å². The number of nitrogens with one attached hydrogen (secondary N) is 1. The molecule has 1 aliphatic rings. The van der Waals surface area contributed by atoms with Gasteiger partial charge in [-0.3, -0.25) is 9.59 Å². The number of rotatable bonds is 4. The van der Waals surface area contributed by atoms with Gasteiger partial charge in [0.25, 0.3) is 5.91 Å². The summed E-state index contributed by atoms with van der Waals surface area (Å²) in [7, 11) is 1.47. The van der Waals surface area contributed by atoms with Gasteiger partial charge in [-0.15, -0.1) is 10.2 Å². The zero-order valence-corrected chi connectivity index (χ0v) is 12.6. The summed E-state index contributed by atoms with van der Waals surface area (Å²) in [6.07, 6.45) is 5.19. The molecule has 22 heavy (non-hydrogen) atoms. The predicted molar refractivity (Wildman–Crippen MR) is 78.7 cm³/mol. The van der Waals surface area contributed by atoms with Gasteiger partial charge in [-0.2, -0.15) is 0 Å². The molecule has 0 spiro atoms. The number of nitrogens with zero attached hydrogens (tertiary/aromatic N) is 2. The molecule has 0 saturated heterocycles. The van der Waals surface area contributed by atoms with Crippen molar-refractivity contribution >= 4 is 11.9 Å². The highest BCUT2D eigenvalue weighted by Crippen LogP contribution is 2.23. The van der Waals surface area contributed by atoms with Crippen molar-refractivity contribution in [2.75, 3.05) is 7.11 Å². The van der Waals surface area contributed by atoms with Gasteiger partial charge < -0.3 is 15.2 Å². The number of aliphatic carboxylic acids is 1. The minimum Gasteiger partial charge on any atom is -0.481 e. The van der Waals surface area contributed by atoms with Crippen LogP contribution in [0.15, 0.2) is 12.1 Å². The van der Waals surface area contributed by atoms with Crippen molar-refractivity contribution in [2.45, 2.75) is 44.6 Å². The molecule has 120 valence electrons. The van der Waals surface area contributed by atoms with Crippen molar-refractivity contribution in [3.05, 3.63) is 17.8 Å². The Balaban J connectivity index is 2.06. The van der Waals surface area contributed by atoms with Crippen LogP contribution in [0.5, 0.6) is 5.88 Å². The molecule has 1 saturated carbocycles. The molecule has 1 aromatic rings.